The summed E-state index contributed by atoms with van der Waals surface area (Å²) in [7, 11) is 1.49. The molecule has 0 fully saturated rings. The number of rotatable bonds is 5. The number of aromatic carboxylic acids is 1. The van der Waals surface area contributed by atoms with Crippen LogP contribution in [0.3, 0.4) is 0 Å². The number of aromatic nitrogens is 1. The Morgan fingerprint density at radius 2 is 2.11 bits per heavy atom. The van der Waals surface area contributed by atoms with Crippen LogP contribution in [-0.4, -0.2) is 23.2 Å². The largest absolute Gasteiger partial charge is 0.496 e. The van der Waals surface area contributed by atoms with Crippen molar-refractivity contribution in [2.24, 2.45) is 0 Å². The smallest absolute Gasteiger partial charge is 0.336 e. The molecule has 0 aliphatic carbocycles. The second-order valence-electron chi connectivity index (χ2n) is 3.75. The fraction of sp³-hybridized carbons (Fsp3) is 0.143. The van der Waals surface area contributed by atoms with Gasteiger partial charge < -0.3 is 14.6 Å². The standard InChI is InChI=1S/C14H13NO4/c1-18-12-6-4-5-10(14(16)17)11(12)9-19-13-7-2-3-8-15-13/h2-8H,9H2,1H3,(H,16,17). The minimum atomic E-state index is -1.02. The Balaban J connectivity index is 2.25. The quantitative estimate of drug-likeness (QED) is 0.892. The van der Waals surface area contributed by atoms with E-state index in [9.17, 15) is 4.79 Å². The third kappa shape index (κ3) is 3.01. The van der Waals surface area contributed by atoms with Crippen LogP contribution in [-0.2, 0) is 6.61 Å². The van der Waals surface area contributed by atoms with Gasteiger partial charge in [0.2, 0.25) is 5.88 Å². The zero-order valence-corrected chi connectivity index (χ0v) is 10.4. The number of ether oxygens (including phenoxy) is 2. The van der Waals surface area contributed by atoms with E-state index in [1.54, 1.807) is 36.5 Å². The summed E-state index contributed by atoms with van der Waals surface area (Å²) < 4.78 is 10.6. The third-order valence-electron chi connectivity index (χ3n) is 2.59. The molecule has 5 heteroatoms. The molecule has 0 unspecified atom stereocenters. The summed E-state index contributed by atoms with van der Waals surface area (Å²) in [5, 5.41) is 9.16. The fourth-order valence-electron chi connectivity index (χ4n) is 1.68. The Bertz CT molecular complexity index is 569. The van der Waals surface area contributed by atoms with Gasteiger partial charge in [0.1, 0.15) is 12.4 Å². The highest BCUT2D eigenvalue weighted by molar-refractivity contribution is 5.90. The van der Waals surface area contributed by atoms with Gasteiger partial charge in [-0.3, -0.25) is 0 Å². The van der Waals surface area contributed by atoms with Gasteiger partial charge >= 0.3 is 5.97 Å². The predicted molar refractivity (Wildman–Crippen MR) is 68.5 cm³/mol. The molecule has 2 rings (SSSR count). The third-order valence-corrected chi connectivity index (χ3v) is 2.59. The first-order chi connectivity index (χ1) is 9.22. The Kier molecular flexibility index (Phi) is 3.97. The Hall–Kier alpha value is -2.56. The van der Waals surface area contributed by atoms with Gasteiger partial charge in [-0.15, -0.1) is 0 Å². The van der Waals surface area contributed by atoms with Crippen LogP contribution in [0, 0.1) is 0 Å². The topological polar surface area (TPSA) is 68.7 Å². The lowest BCUT2D eigenvalue weighted by Gasteiger charge is -2.12. The van der Waals surface area contributed by atoms with E-state index in [4.69, 9.17) is 14.6 Å². The molecule has 98 valence electrons. The first kappa shape index (κ1) is 12.9. The molecule has 1 N–H and O–H groups in total. The average Bonchev–Trinajstić information content (AvgIpc) is 2.45. The number of pyridine rings is 1. The van der Waals surface area contributed by atoms with E-state index >= 15 is 0 Å². The van der Waals surface area contributed by atoms with Crippen LogP contribution >= 0.6 is 0 Å². The van der Waals surface area contributed by atoms with Gasteiger partial charge in [-0.2, -0.15) is 0 Å². The van der Waals surface area contributed by atoms with Crippen molar-refractivity contribution in [3.05, 3.63) is 53.7 Å². The second-order valence-corrected chi connectivity index (χ2v) is 3.75. The van der Waals surface area contributed by atoms with Crippen molar-refractivity contribution in [2.75, 3.05) is 7.11 Å². The molecule has 19 heavy (non-hydrogen) atoms. The second kappa shape index (κ2) is 5.86. The fourth-order valence-corrected chi connectivity index (χ4v) is 1.68. The van der Waals surface area contributed by atoms with E-state index in [0.717, 1.165) is 0 Å². The molecule has 0 saturated carbocycles. The number of carbonyl (C=O) groups is 1. The van der Waals surface area contributed by atoms with E-state index in [0.29, 0.717) is 17.2 Å². The molecule has 1 heterocycles. The highest BCUT2D eigenvalue weighted by Crippen LogP contribution is 2.23. The normalized spacial score (nSPS) is 9.95. The predicted octanol–water partition coefficient (Wildman–Crippen LogP) is 2.37. The van der Waals surface area contributed by atoms with Crippen molar-refractivity contribution in [3.8, 4) is 11.6 Å². The van der Waals surface area contributed by atoms with Crippen molar-refractivity contribution < 1.29 is 19.4 Å². The molecule has 0 aliphatic heterocycles. The Morgan fingerprint density at radius 3 is 2.74 bits per heavy atom. The van der Waals surface area contributed by atoms with Crippen LogP contribution < -0.4 is 9.47 Å². The van der Waals surface area contributed by atoms with Crippen molar-refractivity contribution in [1.29, 1.82) is 0 Å². The van der Waals surface area contributed by atoms with Gasteiger partial charge in [0, 0.05) is 17.8 Å². The first-order valence-electron chi connectivity index (χ1n) is 5.65. The number of nitrogens with zero attached hydrogens (tertiary/aromatic N) is 1. The Morgan fingerprint density at radius 1 is 1.26 bits per heavy atom. The molecule has 0 aliphatic rings. The maximum absolute atomic E-state index is 11.2. The molecular weight excluding hydrogens is 246 g/mol. The van der Waals surface area contributed by atoms with Crippen LogP contribution in [0.15, 0.2) is 42.6 Å². The molecule has 0 spiro atoms. The molecule has 5 nitrogen and oxygen atoms in total. The van der Waals surface area contributed by atoms with Gasteiger partial charge in [0.25, 0.3) is 0 Å². The summed E-state index contributed by atoms with van der Waals surface area (Å²) in [4.78, 5) is 15.2. The van der Waals surface area contributed by atoms with Gasteiger partial charge in [-0.05, 0) is 18.2 Å². The molecule has 0 amide bonds. The Labute approximate surface area is 110 Å². The van der Waals surface area contributed by atoms with Gasteiger partial charge in [-0.1, -0.05) is 12.1 Å². The lowest BCUT2D eigenvalue weighted by Crippen LogP contribution is -2.08. The summed E-state index contributed by atoms with van der Waals surface area (Å²) in [6.45, 7) is 0.0860. The van der Waals surface area contributed by atoms with E-state index in [1.807, 2.05) is 0 Å². The van der Waals surface area contributed by atoms with Crippen molar-refractivity contribution in [2.45, 2.75) is 6.61 Å². The molecule has 0 bridgehead atoms. The number of methoxy groups -OCH3 is 1. The molecule has 0 radical (unpaired) electrons. The lowest BCUT2D eigenvalue weighted by molar-refractivity contribution is 0.0693. The zero-order chi connectivity index (χ0) is 13.7. The molecule has 0 atom stereocenters. The maximum atomic E-state index is 11.2. The van der Waals surface area contributed by atoms with Crippen LogP contribution in [0.25, 0.3) is 0 Å². The first-order valence-corrected chi connectivity index (χ1v) is 5.65. The summed E-state index contributed by atoms with van der Waals surface area (Å²) in [6, 6.07) is 10.1. The molecule has 1 aromatic carbocycles. The van der Waals surface area contributed by atoms with E-state index in [-0.39, 0.29) is 12.2 Å². The molecule has 1 aromatic heterocycles. The minimum Gasteiger partial charge on any atom is -0.496 e. The van der Waals surface area contributed by atoms with Gasteiger partial charge in [-0.25, -0.2) is 9.78 Å². The summed E-state index contributed by atoms with van der Waals surface area (Å²) in [5.41, 5.74) is 0.651. The van der Waals surface area contributed by atoms with Crippen molar-refractivity contribution in [3.63, 3.8) is 0 Å². The lowest BCUT2D eigenvalue weighted by atomic mass is 10.1. The molecule has 2 aromatic rings. The van der Waals surface area contributed by atoms with Gasteiger partial charge in [0.15, 0.2) is 0 Å². The summed E-state index contributed by atoms with van der Waals surface area (Å²) >= 11 is 0. The van der Waals surface area contributed by atoms with E-state index < -0.39 is 5.97 Å². The van der Waals surface area contributed by atoms with Crippen LogP contribution in [0.4, 0.5) is 0 Å². The highest BCUT2D eigenvalue weighted by Gasteiger charge is 2.15. The highest BCUT2D eigenvalue weighted by atomic mass is 16.5. The van der Waals surface area contributed by atoms with E-state index in [2.05, 4.69) is 4.98 Å². The van der Waals surface area contributed by atoms with Gasteiger partial charge in [0.05, 0.1) is 12.7 Å². The average molecular weight is 259 g/mol. The van der Waals surface area contributed by atoms with E-state index in [1.165, 1.54) is 13.2 Å². The SMILES string of the molecule is COc1cccc(C(=O)O)c1COc1ccccn1. The summed E-state index contributed by atoms with van der Waals surface area (Å²) in [5.74, 6) is -0.0981. The maximum Gasteiger partial charge on any atom is 0.336 e. The van der Waals surface area contributed by atoms with Crippen LogP contribution in [0.1, 0.15) is 15.9 Å². The zero-order valence-electron chi connectivity index (χ0n) is 10.4. The number of carboxylic acids is 1. The number of hydrogen-bond donors (Lipinski definition) is 1. The molecule has 0 saturated heterocycles. The number of hydrogen-bond acceptors (Lipinski definition) is 4. The van der Waals surface area contributed by atoms with Crippen molar-refractivity contribution >= 4 is 5.97 Å². The summed E-state index contributed by atoms with van der Waals surface area (Å²) in [6.07, 6.45) is 1.61. The molecular formula is C14H13NO4. The van der Waals surface area contributed by atoms with Crippen LogP contribution in [0.2, 0.25) is 0 Å². The monoisotopic (exact) mass is 259 g/mol. The number of benzene rings is 1. The number of carboxylic acid groups (broad SMARTS) is 1. The van der Waals surface area contributed by atoms with Crippen LogP contribution in [0.5, 0.6) is 11.6 Å². The minimum absolute atomic E-state index is 0.0860. The van der Waals surface area contributed by atoms with Crippen molar-refractivity contribution in [1.82, 2.24) is 4.98 Å².